The molecule has 1 aromatic carbocycles. The van der Waals surface area contributed by atoms with Crippen molar-refractivity contribution in [1.29, 1.82) is 0 Å². The van der Waals surface area contributed by atoms with Crippen LogP contribution < -0.4 is 0 Å². The fourth-order valence-corrected chi connectivity index (χ4v) is 4.96. The highest BCUT2D eigenvalue weighted by molar-refractivity contribution is 6.76. The Morgan fingerprint density at radius 2 is 2.00 bits per heavy atom. The largest absolute Gasteiger partial charge is 0.508 e. The fraction of sp³-hybridized carbons (Fsp3) is 0.526. The standard InChI is InChI=1S/C19H23N3O5Si/c1-28(2,3)7-6-27-19(26)17-15-12-8-10(23)4-5-11(12)13(9-14(15)24)16(17)18(25)21-22-20/h4-5,8,13,15-17,23H,6-7,9H2,1-3H3. The predicted octanol–water partition coefficient (Wildman–Crippen LogP) is 3.50. The van der Waals surface area contributed by atoms with Crippen LogP contribution in [-0.2, 0) is 19.1 Å². The zero-order chi connectivity index (χ0) is 20.6. The fourth-order valence-electron chi connectivity index (χ4n) is 4.24. The van der Waals surface area contributed by atoms with E-state index < -0.39 is 43.6 Å². The average Bonchev–Trinajstić information content (AvgIpc) is 2.59. The van der Waals surface area contributed by atoms with Crippen LogP contribution in [0.1, 0.15) is 29.4 Å². The molecule has 1 saturated carbocycles. The molecule has 4 unspecified atom stereocenters. The number of ether oxygens (including phenoxy) is 1. The van der Waals surface area contributed by atoms with Crippen LogP contribution in [0.2, 0.25) is 25.7 Å². The van der Waals surface area contributed by atoms with Gasteiger partial charge in [0, 0.05) is 31.2 Å². The molecule has 4 rings (SSSR count). The third kappa shape index (κ3) is 3.68. The molecule has 3 aliphatic carbocycles. The van der Waals surface area contributed by atoms with E-state index in [1.165, 1.54) is 12.1 Å². The van der Waals surface area contributed by atoms with Crippen LogP contribution in [0, 0.1) is 11.8 Å². The summed E-state index contributed by atoms with van der Waals surface area (Å²) in [7, 11) is -1.43. The summed E-state index contributed by atoms with van der Waals surface area (Å²) in [5.74, 6) is -4.98. The molecule has 2 bridgehead atoms. The van der Waals surface area contributed by atoms with Gasteiger partial charge in [0.15, 0.2) is 0 Å². The van der Waals surface area contributed by atoms with E-state index in [-0.39, 0.29) is 24.6 Å². The van der Waals surface area contributed by atoms with E-state index in [0.29, 0.717) is 5.56 Å². The van der Waals surface area contributed by atoms with Crippen molar-refractivity contribution in [3.63, 3.8) is 0 Å². The van der Waals surface area contributed by atoms with Crippen molar-refractivity contribution in [3.8, 4) is 5.75 Å². The number of Topliss-reactive ketones (excluding diaryl/α,β-unsaturated/α-hetero) is 1. The quantitative estimate of drug-likeness (QED) is 0.265. The average molecular weight is 401 g/mol. The molecule has 148 valence electrons. The van der Waals surface area contributed by atoms with Gasteiger partial charge in [0.25, 0.3) is 0 Å². The lowest BCUT2D eigenvalue weighted by molar-refractivity contribution is -0.158. The molecule has 0 saturated heterocycles. The number of hydrogen-bond acceptors (Lipinski definition) is 5. The third-order valence-electron chi connectivity index (χ3n) is 5.55. The minimum Gasteiger partial charge on any atom is -0.508 e. The zero-order valence-corrected chi connectivity index (χ0v) is 17.1. The second-order valence-electron chi connectivity index (χ2n) is 8.63. The van der Waals surface area contributed by atoms with E-state index in [2.05, 4.69) is 29.7 Å². The number of rotatable bonds is 5. The molecule has 0 heterocycles. The van der Waals surface area contributed by atoms with E-state index in [1.54, 1.807) is 6.07 Å². The van der Waals surface area contributed by atoms with Gasteiger partial charge in [-0.1, -0.05) is 25.7 Å². The molecule has 0 aliphatic heterocycles. The maximum atomic E-state index is 12.9. The topological polar surface area (TPSA) is 129 Å². The zero-order valence-electron chi connectivity index (χ0n) is 16.1. The Balaban J connectivity index is 1.99. The number of hydrogen-bond donors (Lipinski definition) is 1. The molecule has 3 aliphatic rings. The van der Waals surface area contributed by atoms with Crippen molar-refractivity contribution >= 4 is 25.7 Å². The molecule has 8 nitrogen and oxygen atoms in total. The Kier molecular flexibility index (Phi) is 5.32. The van der Waals surface area contributed by atoms with E-state index in [9.17, 15) is 19.5 Å². The number of benzene rings is 1. The van der Waals surface area contributed by atoms with Gasteiger partial charge in [-0.25, -0.2) is 0 Å². The molecule has 0 aromatic heterocycles. The van der Waals surface area contributed by atoms with Gasteiger partial charge in [0.1, 0.15) is 11.5 Å². The highest BCUT2D eigenvalue weighted by atomic mass is 28.3. The summed E-state index contributed by atoms with van der Waals surface area (Å²) < 4.78 is 5.46. The lowest BCUT2D eigenvalue weighted by Gasteiger charge is -2.46. The van der Waals surface area contributed by atoms with Gasteiger partial charge in [0.05, 0.1) is 18.4 Å². The Bertz CT molecular complexity index is 888. The van der Waals surface area contributed by atoms with Crippen molar-refractivity contribution in [3.05, 3.63) is 39.8 Å². The second kappa shape index (κ2) is 7.41. The maximum absolute atomic E-state index is 12.9. The van der Waals surface area contributed by atoms with Gasteiger partial charge < -0.3 is 9.84 Å². The van der Waals surface area contributed by atoms with Crippen molar-refractivity contribution in [2.45, 2.75) is 43.9 Å². The number of carbonyl (C=O) groups is 3. The molecular weight excluding hydrogens is 378 g/mol. The Labute approximate surface area is 163 Å². The number of phenolic OH excluding ortho intramolecular Hbond substituents is 1. The summed E-state index contributed by atoms with van der Waals surface area (Å²) in [5.41, 5.74) is 9.99. The summed E-state index contributed by atoms with van der Waals surface area (Å²) in [4.78, 5) is 40.7. The minimum atomic E-state index is -1.43. The summed E-state index contributed by atoms with van der Waals surface area (Å²) in [6.45, 7) is 6.69. The summed E-state index contributed by atoms with van der Waals surface area (Å²) in [6.07, 6.45) is 0.0957. The van der Waals surface area contributed by atoms with Crippen molar-refractivity contribution < 1.29 is 24.2 Å². The van der Waals surface area contributed by atoms with Crippen LogP contribution in [0.25, 0.3) is 10.4 Å². The Morgan fingerprint density at radius 3 is 2.64 bits per heavy atom. The SMILES string of the molecule is C[Si](C)(C)CCOC(=O)C1C2C(=O)CC(c3ccc(O)cc32)C1C(=O)N=[N+]=[N-]. The maximum Gasteiger partial charge on any atom is 0.310 e. The summed E-state index contributed by atoms with van der Waals surface area (Å²) >= 11 is 0. The van der Waals surface area contributed by atoms with Gasteiger partial charge in [-0.2, -0.15) is 0 Å². The minimum absolute atomic E-state index is 0.0112. The lowest BCUT2D eigenvalue weighted by atomic mass is 9.55. The molecule has 28 heavy (non-hydrogen) atoms. The number of azide groups is 1. The molecule has 1 N–H and O–H groups in total. The van der Waals surface area contributed by atoms with Crippen molar-refractivity contribution in [2.75, 3.05) is 6.61 Å². The number of aromatic hydroxyl groups is 1. The molecule has 9 heteroatoms. The van der Waals surface area contributed by atoms with Crippen molar-refractivity contribution in [2.24, 2.45) is 17.0 Å². The molecule has 1 aromatic rings. The first-order valence-electron chi connectivity index (χ1n) is 9.25. The van der Waals surface area contributed by atoms with Crippen molar-refractivity contribution in [1.82, 2.24) is 0 Å². The molecule has 0 spiro atoms. The molecule has 4 atom stereocenters. The first-order valence-corrected chi connectivity index (χ1v) is 13.0. The highest BCUT2D eigenvalue weighted by Crippen LogP contribution is 2.55. The number of ketones is 1. The number of nitrogens with zero attached hydrogens (tertiary/aromatic N) is 3. The highest BCUT2D eigenvalue weighted by Gasteiger charge is 2.56. The van der Waals surface area contributed by atoms with E-state index >= 15 is 0 Å². The van der Waals surface area contributed by atoms with Crippen LogP contribution >= 0.6 is 0 Å². The number of amides is 1. The van der Waals surface area contributed by atoms with E-state index in [1.807, 2.05) is 0 Å². The predicted molar refractivity (Wildman–Crippen MR) is 103 cm³/mol. The lowest BCUT2D eigenvalue weighted by Crippen LogP contribution is -2.50. The first-order chi connectivity index (χ1) is 13.1. The van der Waals surface area contributed by atoms with Crippen LogP contribution in [0.5, 0.6) is 5.75 Å². The number of phenols is 1. The molecular formula is C19H23N3O5Si. The molecule has 1 amide bonds. The van der Waals surface area contributed by atoms with Gasteiger partial charge in [-0.05, 0) is 39.9 Å². The van der Waals surface area contributed by atoms with Gasteiger partial charge in [0.2, 0.25) is 5.91 Å². The van der Waals surface area contributed by atoms with E-state index in [0.717, 1.165) is 11.6 Å². The Morgan fingerprint density at radius 1 is 1.29 bits per heavy atom. The smallest absolute Gasteiger partial charge is 0.310 e. The monoisotopic (exact) mass is 401 g/mol. The number of esters is 1. The van der Waals surface area contributed by atoms with Crippen LogP contribution in [0.3, 0.4) is 0 Å². The molecule has 0 radical (unpaired) electrons. The van der Waals surface area contributed by atoms with Crippen LogP contribution in [-0.4, -0.2) is 37.4 Å². The van der Waals surface area contributed by atoms with Crippen LogP contribution in [0.15, 0.2) is 23.3 Å². The van der Waals surface area contributed by atoms with E-state index in [4.69, 9.17) is 10.3 Å². The first kappa shape index (κ1) is 20.1. The van der Waals surface area contributed by atoms with Gasteiger partial charge >= 0.3 is 5.97 Å². The van der Waals surface area contributed by atoms with Gasteiger partial charge in [-0.15, -0.1) is 0 Å². The normalized spacial score (nSPS) is 25.6. The molecule has 1 fully saturated rings. The third-order valence-corrected chi connectivity index (χ3v) is 7.25. The number of fused-ring (bicyclic) bond motifs is 2. The number of carbonyl (C=O) groups excluding carboxylic acids is 3. The Hall–Kier alpha value is -2.64. The summed E-state index contributed by atoms with van der Waals surface area (Å²) in [6, 6.07) is 5.39. The second-order valence-corrected chi connectivity index (χ2v) is 14.2. The van der Waals surface area contributed by atoms with Gasteiger partial charge in [-0.3, -0.25) is 14.4 Å². The summed E-state index contributed by atoms with van der Waals surface area (Å²) in [5, 5.41) is 13.1. The van der Waals surface area contributed by atoms with Crippen LogP contribution in [0.4, 0.5) is 0 Å².